The number of ether oxygens (including phenoxy) is 3. The standard InChI is InChI=1S/C16H23N3O3/c1-6-10-18-16(17-7-2)19-11-12-8-9-13(20-3)15(22-5)14(12)21-4/h1,8-9H,7,10-11H2,2-5H3,(H2,17,18,19). The van der Waals surface area contributed by atoms with Crippen LogP contribution in [-0.4, -0.2) is 40.4 Å². The summed E-state index contributed by atoms with van der Waals surface area (Å²) in [5, 5.41) is 6.16. The van der Waals surface area contributed by atoms with E-state index in [4.69, 9.17) is 20.6 Å². The summed E-state index contributed by atoms with van der Waals surface area (Å²) in [6, 6.07) is 3.72. The minimum Gasteiger partial charge on any atom is -0.493 e. The van der Waals surface area contributed by atoms with Crippen LogP contribution < -0.4 is 24.8 Å². The second-order valence-electron chi connectivity index (χ2n) is 4.25. The molecule has 0 aliphatic heterocycles. The molecule has 6 nitrogen and oxygen atoms in total. The molecule has 6 heteroatoms. The normalized spacial score (nSPS) is 10.6. The van der Waals surface area contributed by atoms with Crippen LogP contribution in [0.4, 0.5) is 0 Å². The number of hydrogen-bond donors (Lipinski definition) is 2. The van der Waals surface area contributed by atoms with Crippen LogP contribution in [0.15, 0.2) is 17.1 Å². The zero-order valence-corrected chi connectivity index (χ0v) is 13.5. The number of nitrogens with zero attached hydrogens (tertiary/aromatic N) is 1. The lowest BCUT2D eigenvalue weighted by Crippen LogP contribution is -2.37. The summed E-state index contributed by atoms with van der Waals surface area (Å²) in [5.41, 5.74) is 0.887. The van der Waals surface area contributed by atoms with Gasteiger partial charge in [0.15, 0.2) is 17.5 Å². The minimum atomic E-state index is 0.412. The topological polar surface area (TPSA) is 64.1 Å². The summed E-state index contributed by atoms with van der Waals surface area (Å²) >= 11 is 0. The second kappa shape index (κ2) is 9.40. The highest BCUT2D eigenvalue weighted by Crippen LogP contribution is 2.39. The predicted octanol–water partition coefficient (Wildman–Crippen LogP) is 1.40. The molecule has 1 aromatic rings. The number of aliphatic imine (C=N–C) groups is 1. The molecule has 0 fully saturated rings. The minimum absolute atomic E-state index is 0.412. The van der Waals surface area contributed by atoms with Crippen LogP contribution >= 0.6 is 0 Å². The number of hydrogen-bond acceptors (Lipinski definition) is 4. The van der Waals surface area contributed by atoms with E-state index in [1.165, 1.54) is 0 Å². The van der Waals surface area contributed by atoms with Crippen molar-refractivity contribution in [1.29, 1.82) is 0 Å². The Balaban J connectivity index is 3.03. The van der Waals surface area contributed by atoms with Crippen molar-refractivity contribution in [2.24, 2.45) is 4.99 Å². The van der Waals surface area contributed by atoms with Gasteiger partial charge in [0, 0.05) is 12.1 Å². The first-order valence-corrected chi connectivity index (χ1v) is 6.95. The first kappa shape index (κ1) is 17.5. The van der Waals surface area contributed by atoms with E-state index in [1.54, 1.807) is 21.3 Å². The summed E-state index contributed by atoms with van der Waals surface area (Å²) < 4.78 is 16.1. The lowest BCUT2D eigenvalue weighted by Gasteiger charge is -2.15. The van der Waals surface area contributed by atoms with Gasteiger partial charge in [-0.15, -0.1) is 6.42 Å². The first-order valence-electron chi connectivity index (χ1n) is 6.95. The SMILES string of the molecule is C#CCNC(=NCc1ccc(OC)c(OC)c1OC)NCC. The van der Waals surface area contributed by atoms with Gasteiger partial charge in [0.05, 0.1) is 34.4 Å². The second-order valence-corrected chi connectivity index (χ2v) is 4.25. The van der Waals surface area contributed by atoms with Crippen molar-refractivity contribution >= 4 is 5.96 Å². The molecule has 120 valence electrons. The Kier molecular flexibility index (Phi) is 7.48. The van der Waals surface area contributed by atoms with Crippen LogP contribution in [0.3, 0.4) is 0 Å². The van der Waals surface area contributed by atoms with E-state index in [1.807, 2.05) is 19.1 Å². The zero-order chi connectivity index (χ0) is 16.4. The Morgan fingerprint density at radius 2 is 1.86 bits per heavy atom. The summed E-state index contributed by atoms with van der Waals surface area (Å²) in [6.07, 6.45) is 5.25. The fourth-order valence-corrected chi connectivity index (χ4v) is 1.93. The summed E-state index contributed by atoms with van der Waals surface area (Å²) in [7, 11) is 4.75. The third-order valence-electron chi connectivity index (χ3n) is 2.90. The molecule has 1 rings (SSSR count). The molecular weight excluding hydrogens is 282 g/mol. The van der Waals surface area contributed by atoms with Gasteiger partial charge in [0.2, 0.25) is 5.75 Å². The lowest BCUT2D eigenvalue weighted by molar-refractivity contribution is 0.322. The van der Waals surface area contributed by atoms with Gasteiger partial charge in [0.1, 0.15) is 0 Å². The van der Waals surface area contributed by atoms with E-state index in [2.05, 4.69) is 21.5 Å². The van der Waals surface area contributed by atoms with Gasteiger partial charge >= 0.3 is 0 Å². The number of methoxy groups -OCH3 is 3. The zero-order valence-electron chi connectivity index (χ0n) is 13.5. The maximum atomic E-state index is 5.44. The Labute approximate surface area is 131 Å². The molecule has 1 aromatic carbocycles. The summed E-state index contributed by atoms with van der Waals surface area (Å²) in [5.74, 6) is 4.95. The van der Waals surface area contributed by atoms with Crippen molar-refractivity contribution in [3.05, 3.63) is 17.7 Å². The molecule has 0 aliphatic rings. The average molecular weight is 305 g/mol. The molecule has 0 bridgehead atoms. The predicted molar refractivity (Wildman–Crippen MR) is 87.7 cm³/mol. The van der Waals surface area contributed by atoms with Crippen molar-refractivity contribution in [1.82, 2.24) is 10.6 Å². The van der Waals surface area contributed by atoms with Crippen LogP contribution in [0, 0.1) is 12.3 Å². The molecule has 22 heavy (non-hydrogen) atoms. The van der Waals surface area contributed by atoms with Crippen molar-refractivity contribution in [3.8, 4) is 29.6 Å². The van der Waals surface area contributed by atoms with Gasteiger partial charge < -0.3 is 24.8 Å². The van der Waals surface area contributed by atoms with Crippen molar-refractivity contribution in [2.45, 2.75) is 13.5 Å². The Morgan fingerprint density at radius 3 is 2.41 bits per heavy atom. The van der Waals surface area contributed by atoms with Crippen LogP contribution in [-0.2, 0) is 6.54 Å². The third kappa shape index (κ3) is 4.48. The Hall–Kier alpha value is -2.55. The van der Waals surface area contributed by atoms with Crippen LogP contribution in [0.25, 0.3) is 0 Å². The molecule has 0 atom stereocenters. The van der Waals surface area contributed by atoms with Crippen LogP contribution in [0.5, 0.6) is 17.2 Å². The van der Waals surface area contributed by atoms with Crippen molar-refractivity contribution in [3.63, 3.8) is 0 Å². The van der Waals surface area contributed by atoms with Gasteiger partial charge in [-0.3, -0.25) is 0 Å². The fourth-order valence-electron chi connectivity index (χ4n) is 1.93. The molecule has 0 spiro atoms. The van der Waals surface area contributed by atoms with Crippen molar-refractivity contribution < 1.29 is 14.2 Å². The monoisotopic (exact) mass is 305 g/mol. The number of nitrogens with one attached hydrogen (secondary N) is 2. The van der Waals surface area contributed by atoms with E-state index < -0.39 is 0 Å². The molecule has 0 radical (unpaired) electrons. The molecule has 0 aromatic heterocycles. The third-order valence-corrected chi connectivity index (χ3v) is 2.90. The number of terminal acetylenes is 1. The Bertz CT molecular complexity index is 550. The van der Waals surface area contributed by atoms with Crippen molar-refractivity contribution in [2.75, 3.05) is 34.4 Å². The largest absolute Gasteiger partial charge is 0.493 e. The van der Waals surface area contributed by atoms with Gasteiger partial charge in [-0.2, -0.15) is 0 Å². The summed E-state index contributed by atoms with van der Waals surface area (Å²) in [6.45, 7) is 3.57. The van der Waals surface area contributed by atoms with E-state index in [-0.39, 0.29) is 0 Å². The molecule has 0 aliphatic carbocycles. The average Bonchev–Trinajstić information content (AvgIpc) is 2.56. The smallest absolute Gasteiger partial charge is 0.203 e. The highest BCUT2D eigenvalue weighted by Gasteiger charge is 2.15. The van der Waals surface area contributed by atoms with E-state index >= 15 is 0 Å². The maximum absolute atomic E-state index is 5.44. The van der Waals surface area contributed by atoms with Gasteiger partial charge in [-0.05, 0) is 19.1 Å². The first-order chi connectivity index (χ1) is 10.7. The number of rotatable bonds is 7. The highest BCUT2D eigenvalue weighted by molar-refractivity contribution is 5.80. The lowest BCUT2D eigenvalue weighted by atomic mass is 10.1. The molecule has 0 unspecified atom stereocenters. The molecule has 0 heterocycles. The molecular formula is C16H23N3O3. The summed E-state index contributed by atoms with van der Waals surface area (Å²) in [4.78, 5) is 4.48. The fraction of sp³-hybridized carbons (Fsp3) is 0.438. The molecule has 2 N–H and O–H groups in total. The van der Waals surface area contributed by atoms with Crippen LogP contribution in [0.2, 0.25) is 0 Å². The van der Waals surface area contributed by atoms with E-state index in [0.717, 1.165) is 12.1 Å². The quantitative estimate of drug-likeness (QED) is 0.453. The van der Waals surface area contributed by atoms with Crippen LogP contribution in [0.1, 0.15) is 12.5 Å². The van der Waals surface area contributed by atoms with E-state index in [0.29, 0.717) is 36.3 Å². The highest BCUT2D eigenvalue weighted by atomic mass is 16.5. The van der Waals surface area contributed by atoms with E-state index in [9.17, 15) is 0 Å². The molecule has 0 saturated carbocycles. The van der Waals surface area contributed by atoms with Gasteiger partial charge in [-0.1, -0.05) is 5.92 Å². The Morgan fingerprint density at radius 1 is 1.14 bits per heavy atom. The number of benzene rings is 1. The molecule has 0 amide bonds. The van der Waals surface area contributed by atoms with Gasteiger partial charge in [-0.25, -0.2) is 4.99 Å². The maximum Gasteiger partial charge on any atom is 0.203 e. The molecule has 0 saturated heterocycles. The number of guanidine groups is 1. The van der Waals surface area contributed by atoms with Gasteiger partial charge in [0.25, 0.3) is 0 Å².